The van der Waals surface area contributed by atoms with Gasteiger partial charge in [-0.2, -0.15) is 0 Å². The predicted octanol–water partition coefficient (Wildman–Crippen LogP) is 5.85. The highest BCUT2D eigenvalue weighted by Gasteiger charge is 2.49. The van der Waals surface area contributed by atoms with Crippen molar-refractivity contribution in [1.29, 1.82) is 0 Å². The summed E-state index contributed by atoms with van der Waals surface area (Å²) in [7, 11) is 0. The Labute approximate surface area is 189 Å². The van der Waals surface area contributed by atoms with Crippen molar-refractivity contribution in [1.82, 2.24) is 4.90 Å². The first-order valence-electron chi connectivity index (χ1n) is 12.2. The molecule has 2 rings (SSSR count). The van der Waals surface area contributed by atoms with Crippen molar-refractivity contribution in [2.24, 2.45) is 17.8 Å². The second-order valence-electron chi connectivity index (χ2n) is 10.5. The number of ether oxygens (including phenoxy) is 1. The maximum atomic E-state index is 15.4. The van der Waals surface area contributed by atoms with Crippen LogP contribution in [0, 0.1) is 17.8 Å². The molecule has 31 heavy (non-hydrogen) atoms. The molecule has 0 amide bonds. The SMILES string of the molecule is CCCCC1(F)CCC2CN(C(C)(C)C)C(C(=O)OCC(CC)CC)CC2C1.O=CO. The minimum absolute atomic E-state index is 0.0873. The van der Waals surface area contributed by atoms with Crippen molar-refractivity contribution in [3.8, 4) is 0 Å². The molecule has 1 N–H and O–H groups in total. The summed E-state index contributed by atoms with van der Waals surface area (Å²) in [5.74, 6) is 1.15. The largest absolute Gasteiger partial charge is 0.483 e. The van der Waals surface area contributed by atoms with Gasteiger partial charge in [-0.1, -0.05) is 46.5 Å². The summed E-state index contributed by atoms with van der Waals surface area (Å²) in [6.07, 6.45) is 7.77. The van der Waals surface area contributed by atoms with Crippen LogP contribution in [0.2, 0.25) is 0 Å². The molecule has 182 valence electrons. The van der Waals surface area contributed by atoms with E-state index in [0.29, 0.717) is 43.6 Å². The van der Waals surface area contributed by atoms with E-state index in [4.69, 9.17) is 14.6 Å². The maximum Gasteiger partial charge on any atom is 0.323 e. The number of unbranched alkanes of at least 4 members (excludes halogenated alkanes) is 1. The van der Waals surface area contributed by atoms with E-state index in [2.05, 4.69) is 46.4 Å². The van der Waals surface area contributed by atoms with Gasteiger partial charge in [-0.05, 0) is 70.6 Å². The van der Waals surface area contributed by atoms with E-state index < -0.39 is 5.67 Å². The molecule has 1 aliphatic heterocycles. The number of hydrogen-bond donors (Lipinski definition) is 1. The molecule has 1 saturated heterocycles. The summed E-state index contributed by atoms with van der Waals surface area (Å²) in [5, 5.41) is 6.89. The zero-order chi connectivity index (χ0) is 23.7. The summed E-state index contributed by atoms with van der Waals surface area (Å²) < 4.78 is 21.2. The third-order valence-corrected chi connectivity index (χ3v) is 7.32. The zero-order valence-electron chi connectivity index (χ0n) is 20.7. The average molecular weight is 444 g/mol. The second-order valence-corrected chi connectivity index (χ2v) is 10.5. The Balaban J connectivity index is 0.00000151. The number of rotatable bonds is 8. The topological polar surface area (TPSA) is 66.8 Å². The fourth-order valence-electron chi connectivity index (χ4n) is 5.23. The van der Waals surface area contributed by atoms with Gasteiger partial charge in [0.1, 0.15) is 11.7 Å². The number of carbonyl (C=O) groups is 2. The lowest BCUT2D eigenvalue weighted by Gasteiger charge is -2.52. The molecule has 0 aromatic heterocycles. The second kappa shape index (κ2) is 12.8. The minimum atomic E-state index is -1.02. The summed E-state index contributed by atoms with van der Waals surface area (Å²) in [6.45, 7) is 14.1. The summed E-state index contributed by atoms with van der Waals surface area (Å²) in [5.41, 5.74) is -1.11. The van der Waals surface area contributed by atoms with Crippen LogP contribution < -0.4 is 0 Å². The van der Waals surface area contributed by atoms with Crippen molar-refractivity contribution in [2.45, 2.75) is 117 Å². The number of carboxylic acid groups (broad SMARTS) is 1. The van der Waals surface area contributed by atoms with Gasteiger partial charge in [0, 0.05) is 12.1 Å². The first-order valence-corrected chi connectivity index (χ1v) is 12.2. The Morgan fingerprint density at radius 3 is 2.39 bits per heavy atom. The number of piperidine rings is 1. The normalized spacial score (nSPS) is 29.0. The Kier molecular flexibility index (Phi) is 11.5. The van der Waals surface area contributed by atoms with Gasteiger partial charge in [0.25, 0.3) is 6.47 Å². The molecule has 1 aliphatic carbocycles. The lowest BCUT2D eigenvalue weighted by molar-refractivity contribution is -0.160. The van der Waals surface area contributed by atoms with Crippen LogP contribution in [0.15, 0.2) is 0 Å². The molecule has 1 heterocycles. The van der Waals surface area contributed by atoms with E-state index in [0.717, 1.165) is 45.1 Å². The minimum Gasteiger partial charge on any atom is -0.483 e. The van der Waals surface area contributed by atoms with E-state index >= 15 is 4.39 Å². The molecular weight excluding hydrogens is 397 g/mol. The molecule has 6 heteroatoms. The third-order valence-electron chi connectivity index (χ3n) is 7.32. The number of fused-ring (bicyclic) bond motifs is 1. The van der Waals surface area contributed by atoms with Crippen molar-refractivity contribution in [2.75, 3.05) is 13.2 Å². The molecule has 0 spiro atoms. The van der Waals surface area contributed by atoms with E-state index in [1.807, 2.05) is 0 Å². The van der Waals surface area contributed by atoms with Gasteiger partial charge in [0.05, 0.1) is 6.61 Å². The van der Waals surface area contributed by atoms with E-state index in [-0.39, 0.29) is 24.0 Å². The number of likely N-dealkylation sites (tertiary alicyclic amines) is 1. The number of esters is 1. The van der Waals surface area contributed by atoms with E-state index in [1.54, 1.807) is 0 Å². The lowest BCUT2D eigenvalue weighted by atomic mass is 9.66. The van der Waals surface area contributed by atoms with Gasteiger partial charge in [-0.25, -0.2) is 4.39 Å². The molecule has 0 radical (unpaired) electrons. The van der Waals surface area contributed by atoms with Crippen LogP contribution in [0.4, 0.5) is 4.39 Å². The highest BCUT2D eigenvalue weighted by molar-refractivity contribution is 5.76. The molecule has 4 unspecified atom stereocenters. The Morgan fingerprint density at radius 1 is 1.26 bits per heavy atom. The van der Waals surface area contributed by atoms with Crippen LogP contribution in [0.5, 0.6) is 0 Å². The van der Waals surface area contributed by atoms with Crippen molar-refractivity contribution >= 4 is 12.4 Å². The predicted molar refractivity (Wildman–Crippen MR) is 123 cm³/mol. The van der Waals surface area contributed by atoms with Crippen molar-refractivity contribution < 1.29 is 23.8 Å². The lowest BCUT2D eigenvalue weighted by Crippen LogP contribution is -2.60. The molecule has 1 saturated carbocycles. The van der Waals surface area contributed by atoms with Crippen LogP contribution in [-0.2, 0) is 14.3 Å². The highest BCUT2D eigenvalue weighted by atomic mass is 19.1. The van der Waals surface area contributed by atoms with Crippen LogP contribution in [0.1, 0.15) is 99.3 Å². The van der Waals surface area contributed by atoms with Gasteiger partial charge in [0.2, 0.25) is 0 Å². The number of halogens is 1. The van der Waals surface area contributed by atoms with Gasteiger partial charge >= 0.3 is 5.97 Å². The fourth-order valence-corrected chi connectivity index (χ4v) is 5.23. The van der Waals surface area contributed by atoms with Gasteiger partial charge < -0.3 is 9.84 Å². The number of carbonyl (C=O) groups excluding carboxylic acids is 1. The number of hydrogen-bond acceptors (Lipinski definition) is 4. The van der Waals surface area contributed by atoms with Crippen LogP contribution >= 0.6 is 0 Å². The molecule has 4 atom stereocenters. The fraction of sp³-hybridized carbons (Fsp3) is 0.920. The number of alkyl halides is 1. The van der Waals surface area contributed by atoms with E-state index in [9.17, 15) is 4.79 Å². The van der Waals surface area contributed by atoms with Crippen LogP contribution in [-0.4, -0.2) is 52.8 Å². The third kappa shape index (κ3) is 8.36. The molecular formula is C25H46FNO4. The van der Waals surface area contributed by atoms with E-state index in [1.165, 1.54) is 0 Å². The molecule has 2 aliphatic rings. The molecule has 0 bridgehead atoms. The van der Waals surface area contributed by atoms with Gasteiger partial charge in [-0.3, -0.25) is 14.5 Å². The molecule has 5 nitrogen and oxygen atoms in total. The van der Waals surface area contributed by atoms with Crippen LogP contribution in [0.3, 0.4) is 0 Å². The molecule has 0 aromatic carbocycles. The summed E-state index contributed by atoms with van der Waals surface area (Å²) in [6, 6.07) is -0.232. The maximum absolute atomic E-state index is 15.4. The van der Waals surface area contributed by atoms with Crippen molar-refractivity contribution in [3.05, 3.63) is 0 Å². The molecule has 0 aromatic rings. The first kappa shape index (κ1) is 27.9. The summed E-state index contributed by atoms with van der Waals surface area (Å²) >= 11 is 0. The quantitative estimate of drug-likeness (QED) is 0.376. The highest BCUT2D eigenvalue weighted by Crippen LogP contribution is 2.47. The van der Waals surface area contributed by atoms with Gasteiger partial charge in [-0.15, -0.1) is 0 Å². The smallest absolute Gasteiger partial charge is 0.323 e. The Bertz CT molecular complexity index is 546. The Morgan fingerprint density at radius 2 is 1.87 bits per heavy atom. The standard InChI is InChI=1S/C24H44FNO2.CH2O2/c1-7-10-12-24(25)13-11-19-16-26(23(4,5)6)21(14-20(19)15-24)22(27)28-17-18(8-2)9-3;2-1-3/h18-21H,7-17H2,1-6H3;1H,(H,2,3). The first-order chi connectivity index (χ1) is 14.5. The van der Waals surface area contributed by atoms with Crippen LogP contribution in [0.25, 0.3) is 0 Å². The average Bonchev–Trinajstić information content (AvgIpc) is 2.71. The zero-order valence-corrected chi connectivity index (χ0v) is 20.7. The number of nitrogens with zero attached hydrogens (tertiary/aromatic N) is 1. The monoisotopic (exact) mass is 443 g/mol. The molecule has 2 fully saturated rings. The Hall–Kier alpha value is -1.17. The van der Waals surface area contributed by atoms with Gasteiger partial charge in [0.15, 0.2) is 0 Å². The summed E-state index contributed by atoms with van der Waals surface area (Å²) in [4.78, 5) is 23.7. The van der Waals surface area contributed by atoms with Crippen molar-refractivity contribution in [3.63, 3.8) is 0 Å².